The number of hydrogen-bond acceptors (Lipinski definition) is 6. The maximum atomic E-state index is 14.9. The van der Waals surface area contributed by atoms with Gasteiger partial charge in [0.25, 0.3) is 5.91 Å². The molecule has 0 bridgehead atoms. The molecule has 0 atom stereocenters. The maximum absolute atomic E-state index is 14.9. The Bertz CT molecular complexity index is 1720. The van der Waals surface area contributed by atoms with Crippen molar-refractivity contribution in [3.05, 3.63) is 106 Å². The van der Waals surface area contributed by atoms with Gasteiger partial charge in [-0.3, -0.25) is 14.6 Å². The van der Waals surface area contributed by atoms with E-state index in [0.717, 1.165) is 0 Å². The number of benzene rings is 2. The molecular weight excluding hydrogens is 480 g/mol. The van der Waals surface area contributed by atoms with E-state index in [1.807, 2.05) is 0 Å². The van der Waals surface area contributed by atoms with Gasteiger partial charge in [0.15, 0.2) is 11.6 Å². The molecule has 2 aromatic carbocycles. The molecule has 0 saturated heterocycles. The van der Waals surface area contributed by atoms with Crippen LogP contribution in [0.3, 0.4) is 0 Å². The van der Waals surface area contributed by atoms with Gasteiger partial charge in [-0.15, -0.1) is 0 Å². The molecule has 184 valence electrons. The Kier molecular flexibility index (Phi) is 6.06. The van der Waals surface area contributed by atoms with Crippen LogP contribution in [0.25, 0.3) is 22.0 Å². The molecule has 1 amide bonds. The number of primary amides is 1. The number of pyridine rings is 3. The number of halogens is 2. The topological polar surface area (TPSA) is 123 Å². The number of rotatable bonds is 6. The average Bonchev–Trinajstić information content (AvgIpc) is 2.87. The number of amides is 1. The van der Waals surface area contributed by atoms with Crippen LogP contribution in [-0.4, -0.2) is 20.9 Å². The first kappa shape index (κ1) is 23.6. The number of H-pyrrole nitrogens is 1. The molecule has 8 nitrogen and oxygen atoms in total. The minimum Gasteiger partial charge on any atom is -0.454 e. The van der Waals surface area contributed by atoms with E-state index in [4.69, 9.17) is 10.5 Å². The summed E-state index contributed by atoms with van der Waals surface area (Å²) in [4.78, 5) is 36.1. The van der Waals surface area contributed by atoms with Crippen LogP contribution in [0.2, 0.25) is 0 Å². The third-order valence-electron chi connectivity index (χ3n) is 5.75. The Labute approximate surface area is 208 Å². The summed E-state index contributed by atoms with van der Waals surface area (Å²) in [6.45, 7) is 1.60. The summed E-state index contributed by atoms with van der Waals surface area (Å²) >= 11 is 0. The molecule has 0 aliphatic heterocycles. The minimum atomic E-state index is -0.719. The summed E-state index contributed by atoms with van der Waals surface area (Å²) in [6, 6.07) is 12.9. The maximum Gasteiger partial charge on any atom is 0.267 e. The molecule has 0 aliphatic carbocycles. The number of aromatic amines is 1. The molecule has 3 aromatic heterocycles. The molecule has 5 aromatic rings. The summed E-state index contributed by atoms with van der Waals surface area (Å²) in [5.74, 6) is -1.46. The predicted octanol–water partition coefficient (Wildman–Crippen LogP) is 5.21. The summed E-state index contributed by atoms with van der Waals surface area (Å²) in [5, 5.41) is 3.25. The Balaban J connectivity index is 1.47. The van der Waals surface area contributed by atoms with E-state index in [0.29, 0.717) is 27.9 Å². The summed E-state index contributed by atoms with van der Waals surface area (Å²) in [5.41, 5.74) is 7.12. The van der Waals surface area contributed by atoms with Crippen molar-refractivity contribution in [2.45, 2.75) is 6.92 Å². The van der Waals surface area contributed by atoms with E-state index < -0.39 is 17.5 Å². The molecule has 0 fully saturated rings. The van der Waals surface area contributed by atoms with Crippen molar-refractivity contribution < 1.29 is 18.3 Å². The first-order chi connectivity index (χ1) is 17.8. The Morgan fingerprint density at radius 1 is 1.00 bits per heavy atom. The monoisotopic (exact) mass is 499 g/mol. The van der Waals surface area contributed by atoms with E-state index in [1.165, 1.54) is 54.9 Å². The van der Waals surface area contributed by atoms with Crippen molar-refractivity contribution in [1.29, 1.82) is 0 Å². The second-order valence-electron chi connectivity index (χ2n) is 8.14. The highest BCUT2D eigenvalue weighted by molar-refractivity contribution is 5.93. The molecule has 0 saturated carbocycles. The molecule has 3 heterocycles. The van der Waals surface area contributed by atoms with Gasteiger partial charge in [0, 0.05) is 41.5 Å². The number of hydrogen-bond donors (Lipinski definition) is 3. The Hall–Kier alpha value is -5.12. The van der Waals surface area contributed by atoms with Gasteiger partial charge in [0.2, 0.25) is 5.43 Å². The van der Waals surface area contributed by atoms with Gasteiger partial charge in [-0.05, 0) is 48.9 Å². The lowest BCUT2D eigenvalue weighted by molar-refractivity contribution is 0.0994. The highest BCUT2D eigenvalue weighted by atomic mass is 19.1. The number of carbonyl (C=O) groups is 1. The summed E-state index contributed by atoms with van der Waals surface area (Å²) in [7, 11) is 0. The number of nitrogens with one attached hydrogen (secondary N) is 2. The fraction of sp³-hybridized carbons (Fsp3) is 0.0370. The molecule has 0 aliphatic rings. The van der Waals surface area contributed by atoms with E-state index in [2.05, 4.69) is 20.3 Å². The summed E-state index contributed by atoms with van der Waals surface area (Å²) < 4.78 is 33.9. The highest BCUT2D eigenvalue weighted by Gasteiger charge is 2.16. The zero-order chi connectivity index (χ0) is 26.1. The molecule has 10 heteroatoms. The lowest BCUT2D eigenvalue weighted by atomic mass is 10.0. The fourth-order valence-corrected chi connectivity index (χ4v) is 3.89. The van der Waals surface area contributed by atoms with E-state index in [9.17, 15) is 18.4 Å². The Morgan fingerprint density at radius 3 is 2.49 bits per heavy atom. The van der Waals surface area contributed by atoms with Gasteiger partial charge in [-0.25, -0.2) is 13.8 Å². The summed E-state index contributed by atoms with van der Waals surface area (Å²) in [6.07, 6.45) is 4.41. The molecule has 0 spiro atoms. The lowest BCUT2D eigenvalue weighted by Gasteiger charge is -2.13. The number of carbonyl (C=O) groups excluding carboxylic acids is 1. The SMILES string of the molecule is Cc1c(Oc2ccc(Nc3nccc4[nH]cc(-c5ccc(F)cc5)c(=O)c34)cc2F)ccnc1C(N)=O. The number of fused-ring (bicyclic) bond motifs is 1. The van der Waals surface area contributed by atoms with Gasteiger partial charge in [0.1, 0.15) is 23.1 Å². The van der Waals surface area contributed by atoms with Crippen molar-refractivity contribution in [1.82, 2.24) is 15.0 Å². The van der Waals surface area contributed by atoms with E-state index >= 15 is 0 Å². The largest absolute Gasteiger partial charge is 0.454 e. The van der Waals surface area contributed by atoms with Crippen LogP contribution in [0.1, 0.15) is 16.1 Å². The van der Waals surface area contributed by atoms with Crippen LogP contribution < -0.4 is 21.2 Å². The van der Waals surface area contributed by atoms with Crippen molar-refractivity contribution in [2.24, 2.45) is 5.73 Å². The molecular formula is C27H19F2N5O3. The smallest absolute Gasteiger partial charge is 0.267 e. The van der Waals surface area contributed by atoms with Crippen molar-refractivity contribution in [2.75, 3.05) is 5.32 Å². The van der Waals surface area contributed by atoms with Crippen LogP contribution in [0.5, 0.6) is 11.5 Å². The molecule has 0 unspecified atom stereocenters. The van der Waals surface area contributed by atoms with Gasteiger partial charge in [-0.1, -0.05) is 12.1 Å². The van der Waals surface area contributed by atoms with Crippen LogP contribution in [0.15, 0.2) is 78.0 Å². The molecule has 4 N–H and O–H groups in total. The molecule has 5 rings (SSSR count). The zero-order valence-electron chi connectivity index (χ0n) is 19.4. The minimum absolute atomic E-state index is 0.0310. The first-order valence-electron chi connectivity index (χ1n) is 11.1. The molecule has 37 heavy (non-hydrogen) atoms. The average molecular weight is 499 g/mol. The van der Waals surface area contributed by atoms with Crippen LogP contribution in [0, 0.1) is 18.6 Å². The predicted molar refractivity (Wildman–Crippen MR) is 135 cm³/mol. The number of nitrogens with zero attached hydrogens (tertiary/aromatic N) is 2. The highest BCUT2D eigenvalue weighted by Crippen LogP contribution is 2.31. The number of nitrogens with two attached hydrogens (primary N) is 1. The first-order valence-corrected chi connectivity index (χ1v) is 11.1. The van der Waals surface area contributed by atoms with Gasteiger partial charge >= 0.3 is 0 Å². The third kappa shape index (κ3) is 4.59. The number of ether oxygens (including phenoxy) is 1. The van der Waals surface area contributed by atoms with Crippen molar-refractivity contribution in [3.8, 4) is 22.6 Å². The molecule has 0 radical (unpaired) electrons. The Morgan fingerprint density at radius 2 is 1.76 bits per heavy atom. The van der Waals surface area contributed by atoms with Crippen LogP contribution in [0.4, 0.5) is 20.3 Å². The second kappa shape index (κ2) is 9.50. The second-order valence-corrected chi connectivity index (χ2v) is 8.14. The number of anilines is 2. The van der Waals surface area contributed by atoms with Crippen LogP contribution >= 0.6 is 0 Å². The van der Waals surface area contributed by atoms with Gasteiger partial charge in [-0.2, -0.15) is 0 Å². The van der Waals surface area contributed by atoms with Crippen molar-refractivity contribution >= 4 is 28.3 Å². The van der Waals surface area contributed by atoms with Gasteiger partial charge < -0.3 is 20.8 Å². The standard InChI is InChI=1S/C27H19F2N5O3/c1-14-21(9-11-31-24(14)26(30)36)37-22-7-6-17(12-19(22)29)34-27-23-20(8-10-32-27)33-13-18(25(23)35)15-2-4-16(28)5-3-15/h2-13H,1H3,(H2,30,36)(H,32,34)(H,33,35). The third-order valence-corrected chi connectivity index (χ3v) is 5.75. The fourth-order valence-electron chi connectivity index (χ4n) is 3.89. The quantitative estimate of drug-likeness (QED) is 0.295. The zero-order valence-corrected chi connectivity index (χ0v) is 19.4. The van der Waals surface area contributed by atoms with Crippen molar-refractivity contribution in [3.63, 3.8) is 0 Å². The van der Waals surface area contributed by atoms with E-state index in [1.54, 1.807) is 25.3 Å². The van der Waals surface area contributed by atoms with E-state index in [-0.39, 0.29) is 33.8 Å². The lowest BCUT2D eigenvalue weighted by Crippen LogP contribution is -2.15. The number of aromatic nitrogens is 3. The van der Waals surface area contributed by atoms with Crippen LogP contribution in [-0.2, 0) is 0 Å². The van der Waals surface area contributed by atoms with Gasteiger partial charge in [0.05, 0.1) is 10.9 Å². The normalized spacial score (nSPS) is 10.9.